The molecule has 0 spiro atoms. The second kappa shape index (κ2) is 11.7. The minimum Gasteiger partial charge on any atom is -0.289 e. The van der Waals surface area contributed by atoms with Gasteiger partial charge in [0.1, 0.15) is 0 Å². The molecule has 1 aromatic carbocycles. The summed E-state index contributed by atoms with van der Waals surface area (Å²) in [7, 11) is 0. The van der Waals surface area contributed by atoms with Gasteiger partial charge in [-0.15, -0.1) is 0 Å². The molecule has 0 radical (unpaired) electrons. The van der Waals surface area contributed by atoms with E-state index in [1.165, 1.54) is 95.5 Å². The Morgan fingerprint density at radius 3 is 2.26 bits per heavy atom. The Bertz CT molecular complexity index is 547. The van der Waals surface area contributed by atoms with Gasteiger partial charge in [0, 0.05) is 18.6 Å². The van der Waals surface area contributed by atoms with E-state index in [4.69, 9.17) is 0 Å². The first-order valence-corrected chi connectivity index (χ1v) is 11.9. The van der Waals surface area contributed by atoms with E-state index < -0.39 is 0 Å². The van der Waals surface area contributed by atoms with Crippen molar-refractivity contribution in [3.63, 3.8) is 0 Å². The summed E-state index contributed by atoms with van der Waals surface area (Å²) in [6.07, 6.45) is 22.5. The Morgan fingerprint density at radius 2 is 1.56 bits per heavy atom. The third-order valence-electron chi connectivity index (χ3n) is 6.67. The number of hydrogen-bond acceptors (Lipinski definition) is 1. The molecule has 27 heavy (non-hydrogen) atoms. The molecule has 2 aliphatic heterocycles. The highest BCUT2D eigenvalue weighted by Gasteiger charge is 2.33. The van der Waals surface area contributed by atoms with E-state index >= 15 is 0 Å². The van der Waals surface area contributed by atoms with Crippen LogP contribution in [0.3, 0.4) is 0 Å². The maximum Gasteiger partial charge on any atom is 0.0287 e. The van der Waals surface area contributed by atoms with Crippen LogP contribution in [-0.2, 0) is 6.54 Å². The van der Waals surface area contributed by atoms with Crippen molar-refractivity contribution in [2.24, 2.45) is 0 Å². The first kappa shape index (κ1) is 20.6. The fourth-order valence-electron chi connectivity index (χ4n) is 5.09. The zero-order valence-electron chi connectivity index (χ0n) is 17.7. The quantitative estimate of drug-likeness (QED) is 0.271. The van der Waals surface area contributed by atoms with Crippen molar-refractivity contribution in [3.8, 4) is 0 Å². The Balaban J connectivity index is 1.37. The SMILES string of the molecule is CCCCCCCCCCCC1=CC2CCCC(C1)N2Cc1ccccc1. The number of piperidine rings is 1. The zero-order valence-corrected chi connectivity index (χ0v) is 17.7. The van der Waals surface area contributed by atoms with E-state index in [9.17, 15) is 0 Å². The molecule has 0 aliphatic carbocycles. The maximum atomic E-state index is 2.79. The number of fused-ring (bicyclic) bond motifs is 2. The third-order valence-corrected chi connectivity index (χ3v) is 6.67. The predicted octanol–water partition coefficient (Wildman–Crippen LogP) is 7.66. The van der Waals surface area contributed by atoms with E-state index in [1.54, 1.807) is 5.57 Å². The average Bonchev–Trinajstić information content (AvgIpc) is 2.68. The molecule has 2 bridgehead atoms. The van der Waals surface area contributed by atoms with Crippen molar-refractivity contribution in [2.75, 3.05) is 0 Å². The van der Waals surface area contributed by atoms with Crippen molar-refractivity contribution in [1.29, 1.82) is 0 Å². The molecule has 0 N–H and O–H groups in total. The van der Waals surface area contributed by atoms with Gasteiger partial charge in [0.05, 0.1) is 0 Å². The van der Waals surface area contributed by atoms with Gasteiger partial charge in [-0.2, -0.15) is 0 Å². The van der Waals surface area contributed by atoms with Crippen molar-refractivity contribution in [2.45, 2.75) is 115 Å². The lowest BCUT2D eigenvalue weighted by Gasteiger charge is -2.45. The van der Waals surface area contributed by atoms with Crippen LogP contribution in [0.2, 0.25) is 0 Å². The van der Waals surface area contributed by atoms with Crippen LogP contribution in [0.4, 0.5) is 0 Å². The molecule has 2 atom stereocenters. The molecule has 0 saturated carbocycles. The van der Waals surface area contributed by atoms with Crippen molar-refractivity contribution >= 4 is 0 Å². The van der Waals surface area contributed by atoms with Crippen molar-refractivity contribution in [1.82, 2.24) is 4.90 Å². The van der Waals surface area contributed by atoms with Crippen LogP contribution in [0, 0.1) is 0 Å². The summed E-state index contributed by atoms with van der Waals surface area (Å²) >= 11 is 0. The van der Waals surface area contributed by atoms with Gasteiger partial charge in [0.15, 0.2) is 0 Å². The third kappa shape index (κ3) is 6.79. The molecule has 2 heterocycles. The molecule has 0 amide bonds. The van der Waals surface area contributed by atoms with Gasteiger partial charge in [-0.3, -0.25) is 4.90 Å². The number of rotatable bonds is 12. The molecule has 150 valence electrons. The van der Waals surface area contributed by atoms with E-state index in [1.807, 2.05) is 0 Å². The zero-order chi connectivity index (χ0) is 18.7. The Kier molecular flexibility index (Phi) is 8.94. The van der Waals surface area contributed by atoms with Crippen LogP contribution in [0.15, 0.2) is 42.0 Å². The molecule has 1 nitrogen and oxygen atoms in total. The second-order valence-corrected chi connectivity index (χ2v) is 8.92. The standard InChI is InChI=1S/C26H41N/c1-2-3-4-5-6-7-8-9-11-17-24-20-25-18-14-19-26(21-24)27(25)22-23-15-12-10-13-16-23/h10,12-13,15-16,20,25-26H,2-9,11,14,17-19,21-22H2,1H3. The molecule has 1 heteroatoms. The normalized spacial score (nSPS) is 22.6. The van der Waals surface area contributed by atoms with Gasteiger partial charge >= 0.3 is 0 Å². The monoisotopic (exact) mass is 367 g/mol. The molecule has 3 rings (SSSR count). The van der Waals surface area contributed by atoms with Crippen LogP contribution < -0.4 is 0 Å². The molecular formula is C26H41N. The summed E-state index contributed by atoms with van der Waals surface area (Å²) in [6.45, 7) is 3.44. The number of hydrogen-bond donors (Lipinski definition) is 0. The largest absolute Gasteiger partial charge is 0.289 e. The summed E-state index contributed by atoms with van der Waals surface area (Å²) in [5.74, 6) is 0. The molecule has 2 unspecified atom stereocenters. The lowest BCUT2D eigenvalue weighted by Crippen LogP contribution is -2.47. The predicted molar refractivity (Wildman–Crippen MR) is 118 cm³/mol. The minimum absolute atomic E-state index is 0.700. The van der Waals surface area contributed by atoms with E-state index in [0.29, 0.717) is 6.04 Å². The summed E-state index contributed by atoms with van der Waals surface area (Å²) < 4.78 is 0. The molecule has 0 aromatic heterocycles. The van der Waals surface area contributed by atoms with Crippen LogP contribution >= 0.6 is 0 Å². The summed E-state index contributed by atoms with van der Waals surface area (Å²) in [5, 5.41) is 0. The fraction of sp³-hybridized carbons (Fsp3) is 0.692. The maximum absolute atomic E-state index is 2.79. The number of unbranched alkanes of at least 4 members (excludes halogenated alkanes) is 8. The average molecular weight is 368 g/mol. The van der Waals surface area contributed by atoms with Crippen molar-refractivity contribution in [3.05, 3.63) is 47.5 Å². The van der Waals surface area contributed by atoms with E-state index in [-0.39, 0.29) is 0 Å². The lowest BCUT2D eigenvalue weighted by atomic mass is 9.83. The topological polar surface area (TPSA) is 3.24 Å². The summed E-state index contributed by atoms with van der Waals surface area (Å²) in [5.41, 5.74) is 3.25. The summed E-state index contributed by atoms with van der Waals surface area (Å²) in [6, 6.07) is 12.6. The van der Waals surface area contributed by atoms with Gasteiger partial charge in [-0.25, -0.2) is 0 Å². The van der Waals surface area contributed by atoms with Crippen LogP contribution in [0.25, 0.3) is 0 Å². The first-order valence-electron chi connectivity index (χ1n) is 11.9. The van der Waals surface area contributed by atoms with Crippen molar-refractivity contribution < 1.29 is 0 Å². The molecular weight excluding hydrogens is 326 g/mol. The molecule has 2 aliphatic rings. The fourth-order valence-corrected chi connectivity index (χ4v) is 5.09. The van der Waals surface area contributed by atoms with Crippen LogP contribution in [0.5, 0.6) is 0 Å². The Hall–Kier alpha value is -1.08. The Morgan fingerprint density at radius 1 is 0.852 bits per heavy atom. The summed E-state index contributed by atoms with van der Waals surface area (Å²) in [4.78, 5) is 2.79. The van der Waals surface area contributed by atoms with Crippen LogP contribution in [0.1, 0.15) is 102 Å². The molecule has 1 saturated heterocycles. The number of benzene rings is 1. The first-order chi connectivity index (χ1) is 13.4. The van der Waals surface area contributed by atoms with Gasteiger partial charge in [0.25, 0.3) is 0 Å². The van der Waals surface area contributed by atoms with Gasteiger partial charge in [0.2, 0.25) is 0 Å². The van der Waals surface area contributed by atoms with E-state index in [0.717, 1.165) is 12.6 Å². The molecule has 1 aromatic rings. The van der Waals surface area contributed by atoms with Gasteiger partial charge in [-0.1, -0.05) is 107 Å². The highest BCUT2D eigenvalue weighted by molar-refractivity contribution is 5.20. The minimum atomic E-state index is 0.700. The smallest absolute Gasteiger partial charge is 0.0287 e. The highest BCUT2D eigenvalue weighted by atomic mass is 15.2. The van der Waals surface area contributed by atoms with Gasteiger partial charge < -0.3 is 0 Å². The van der Waals surface area contributed by atoms with E-state index in [2.05, 4.69) is 48.2 Å². The number of nitrogens with zero attached hydrogens (tertiary/aromatic N) is 1. The molecule has 1 fully saturated rings. The second-order valence-electron chi connectivity index (χ2n) is 8.92. The lowest BCUT2D eigenvalue weighted by molar-refractivity contribution is 0.0876. The van der Waals surface area contributed by atoms with Crippen LogP contribution in [-0.4, -0.2) is 17.0 Å². The highest BCUT2D eigenvalue weighted by Crippen LogP contribution is 2.36. The Labute approximate surface area is 168 Å². The van der Waals surface area contributed by atoms with Gasteiger partial charge in [-0.05, 0) is 37.7 Å².